The lowest BCUT2D eigenvalue weighted by atomic mass is 10.1. The van der Waals surface area contributed by atoms with E-state index in [9.17, 15) is 0 Å². The summed E-state index contributed by atoms with van der Waals surface area (Å²) >= 11 is 5.90. The minimum absolute atomic E-state index is 0. The number of guanidine groups is 1. The van der Waals surface area contributed by atoms with Crippen molar-refractivity contribution >= 4 is 41.5 Å². The van der Waals surface area contributed by atoms with E-state index in [1.807, 2.05) is 19.2 Å². The largest absolute Gasteiger partial charge is 0.356 e. The van der Waals surface area contributed by atoms with Crippen molar-refractivity contribution in [3.63, 3.8) is 0 Å². The predicted octanol–water partition coefficient (Wildman–Crippen LogP) is 2.30. The Bertz CT molecular complexity index is 501. The van der Waals surface area contributed by atoms with Gasteiger partial charge in [0, 0.05) is 57.9 Å². The smallest absolute Gasteiger partial charge is 0.191 e. The Morgan fingerprint density at radius 3 is 2.24 bits per heavy atom. The zero-order chi connectivity index (χ0) is 17.2. The van der Waals surface area contributed by atoms with E-state index in [-0.39, 0.29) is 24.0 Å². The molecule has 0 spiro atoms. The molecule has 7 heteroatoms. The molecule has 25 heavy (non-hydrogen) atoms. The maximum atomic E-state index is 5.90. The van der Waals surface area contributed by atoms with Gasteiger partial charge < -0.3 is 15.5 Å². The highest BCUT2D eigenvalue weighted by Gasteiger charge is 2.14. The van der Waals surface area contributed by atoms with Crippen molar-refractivity contribution in [1.82, 2.24) is 20.4 Å². The standard InChI is InChI=1S/C18H30ClN5.HI/c1-3-23-12-14-24(15-13-23)11-10-22-18(20-2)21-9-8-16-4-6-17(19)7-5-16;/h4-7H,3,8-15H2,1-2H3,(H2,20,21,22);1H. The van der Waals surface area contributed by atoms with Crippen molar-refractivity contribution in [1.29, 1.82) is 0 Å². The van der Waals surface area contributed by atoms with Crippen LogP contribution in [0.2, 0.25) is 5.02 Å². The maximum Gasteiger partial charge on any atom is 0.191 e. The molecule has 1 aromatic carbocycles. The summed E-state index contributed by atoms with van der Waals surface area (Å²) in [5.74, 6) is 0.871. The summed E-state index contributed by atoms with van der Waals surface area (Å²) in [5, 5.41) is 7.55. The summed E-state index contributed by atoms with van der Waals surface area (Å²) in [6.45, 7) is 10.9. The molecule has 0 aliphatic carbocycles. The lowest BCUT2D eigenvalue weighted by molar-refractivity contribution is 0.139. The molecule has 1 saturated heterocycles. The maximum absolute atomic E-state index is 5.90. The normalized spacial score (nSPS) is 16.4. The highest BCUT2D eigenvalue weighted by molar-refractivity contribution is 14.0. The molecule has 5 nitrogen and oxygen atoms in total. The SMILES string of the molecule is CCN1CCN(CCNC(=NC)NCCc2ccc(Cl)cc2)CC1.I. The second kappa shape index (κ2) is 12.7. The van der Waals surface area contributed by atoms with Crippen LogP contribution in [-0.4, -0.2) is 75.2 Å². The van der Waals surface area contributed by atoms with Crippen LogP contribution in [0.15, 0.2) is 29.3 Å². The minimum atomic E-state index is 0. The van der Waals surface area contributed by atoms with E-state index >= 15 is 0 Å². The molecule has 0 amide bonds. The van der Waals surface area contributed by atoms with E-state index in [1.54, 1.807) is 0 Å². The zero-order valence-corrected chi connectivity index (χ0v) is 18.4. The number of hydrogen-bond acceptors (Lipinski definition) is 3. The Labute approximate surface area is 174 Å². The lowest BCUT2D eigenvalue weighted by Gasteiger charge is -2.34. The number of likely N-dealkylation sites (N-methyl/N-ethyl adjacent to an activating group) is 1. The molecule has 0 bridgehead atoms. The van der Waals surface area contributed by atoms with Crippen molar-refractivity contribution in [2.75, 3.05) is 59.4 Å². The van der Waals surface area contributed by atoms with E-state index < -0.39 is 0 Å². The van der Waals surface area contributed by atoms with Gasteiger partial charge in [0.25, 0.3) is 0 Å². The molecular weight excluding hydrogens is 449 g/mol. The molecule has 1 aliphatic heterocycles. The van der Waals surface area contributed by atoms with E-state index in [4.69, 9.17) is 11.6 Å². The van der Waals surface area contributed by atoms with Gasteiger partial charge in [0.15, 0.2) is 5.96 Å². The molecule has 0 saturated carbocycles. The molecule has 2 N–H and O–H groups in total. The van der Waals surface area contributed by atoms with Gasteiger partial charge in [-0.2, -0.15) is 0 Å². The van der Waals surface area contributed by atoms with Crippen LogP contribution >= 0.6 is 35.6 Å². The van der Waals surface area contributed by atoms with Crippen LogP contribution in [0.3, 0.4) is 0 Å². The van der Waals surface area contributed by atoms with Crippen molar-refractivity contribution in [2.45, 2.75) is 13.3 Å². The molecule has 0 aromatic heterocycles. The third-order valence-electron chi connectivity index (χ3n) is 4.48. The van der Waals surface area contributed by atoms with E-state index in [0.29, 0.717) is 0 Å². The number of nitrogens with zero attached hydrogens (tertiary/aromatic N) is 3. The van der Waals surface area contributed by atoms with Gasteiger partial charge in [-0.05, 0) is 30.7 Å². The summed E-state index contributed by atoms with van der Waals surface area (Å²) in [7, 11) is 1.82. The van der Waals surface area contributed by atoms with Gasteiger partial charge in [-0.3, -0.25) is 9.89 Å². The average molecular weight is 480 g/mol. The minimum Gasteiger partial charge on any atom is -0.356 e. The first-order chi connectivity index (χ1) is 11.7. The third kappa shape index (κ3) is 8.57. The first kappa shape index (κ1) is 22.5. The molecule has 0 radical (unpaired) electrons. The first-order valence-corrected chi connectivity index (χ1v) is 9.22. The molecule has 0 atom stereocenters. The van der Waals surface area contributed by atoms with Gasteiger partial charge in [-0.25, -0.2) is 0 Å². The average Bonchev–Trinajstić information content (AvgIpc) is 2.62. The van der Waals surface area contributed by atoms with Crippen LogP contribution in [-0.2, 0) is 6.42 Å². The Morgan fingerprint density at radius 1 is 1.04 bits per heavy atom. The van der Waals surface area contributed by atoms with E-state index in [0.717, 1.165) is 56.7 Å². The number of aliphatic imine (C=N–C) groups is 1. The number of piperazine rings is 1. The molecule has 1 heterocycles. The van der Waals surface area contributed by atoms with Gasteiger partial charge in [0.05, 0.1) is 0 Å². The summed E-state index contributed by atoms with van der Waals surface area (Å²) < 4.78 is 0. The fraction of sp³-hybridized carbons (Fsp3) is 0.611. The zero-order valence-electron chi connectivity index (χ0n) is 15.3. The van der Waals surface area contributed by atoms with Crippen LogP contribution in [0.4, 0.5) is 0 Å². The van der Waals surface area contributed by atoms with Gasteiger partial charge in [0.2, 0.25) is 0 Å². The summed E-state index contributed by atoms with van der Waals surface area (Å²) in [6, 6.07) is 8.00. The molecule has 142 valence electrons. The van der Waals surface area contributed by atoms with Gasteiger partial charge in [-0.15, -0.1) is 24.0 Å². The number of benzene rings is 1. The van der Waals surface area contributed by atoms with Crippen molar-refractivity contribution in [3.8, 4) is 0 Å². The quantitative estimate of drug-likeness (QED) is 0.358. The fourth-order valence-electron chi connectivity index (χ4n) is 2.86. The van der Waals surface area contributed by atoms with Crippen LogP contribution in [0.1, 0.15) is 12.5 Å². The van der Waals surface area contributed by atoms with Crippen LogP contribution in [0.5, 0.6) is 0 Å². The monoisotopic (exact) mass is 479 g/mol. The fourth-order valence-corrected chi connectivity index (χ4v) is 2.98. The Morgan fingerprint density at radius 2 is 1.64 bits per heavy atom. The highest BCUT2D eigenvalue weighted by atomic mass is 127. The molecule has 1 aliphatic rings. The van der Waals surface area contributed by atoms with Crippen molar-refractivity contribution < 1.29 is 0 Å². The lowest BCUT2D eigenvalue weighted by Crippen LogP contribution is -2.49. The topological polar surface area (TPSA) is 42.9 Å². The molecule has 2 rings (SSSR count). The van der Waals surface area contributed by atoms with Gasteiger partial charge >= 0.3 is 0 Å². The van der Waals surface area contributed by atoms with Crippen LogP contribution < -0.4 is 10.6 Å². The van der Waals surface area contributed by atoms with Crippen LogP contribution in [0.25, 0.3) is 0 Å². The number of nitrogens with one attached hydrogen (secondary N) is 2. The van der Waals surface area contributed by atoms with Crippen molar-refractivity contribution in [2.24, 2.45) is 4.99 Å². The summed E-state index contributed by atoms with van der Waals surface area (Å²) in [6.07, 6.45) is 0.955. The van der Waals surface area contributed by atoms with Gasteiger partial charge in [-0.1, -0.05) is 30.7 Å². The number of halogens is 2. The Hall–Kier alpha value is -0.570. The number of rotatable bonds is 7. The Balaban J connectivity index is 0.00000312. The summed E-state index contributed by atoms with van der Waals surface area (Å²) in [4.78, 5) is 9.30. The molecule has 1 fully saturated rings. The van der Waals surface area contributed by atoms with Crippen LogP contribution in [0, 0.1) is 0 Å². The molecule has 0 unspecified atom stereocenters. The number of hydrogen-bond donors (Lipinski definition) is 2. The first-order valence-electron chi connectivity index (χ1n) is 8.85. The molecule has 1 aromatic rings. The molecular formula is C18H31ClIN5. The van der Waals surface area contributed by atoms with E-state index in [2.05, 4.69) is 44.5 Å². The summed E-state index contributed by atoms with van der Waals surface area (Å²) in [5.41, 5.74) is 1.27. The third-order valence-corrected chi connectivity index (χ3v) is 4.73. The Kier molecular flexibility index (Phi) is 11.4. The second-order valence-electron chi connectivity index (χ2n) is 6.08. The van der Waals surface area contributed by atoms with Gasteiger partial charge in [0.1, 0.15) is 0 Å². The predicted molar refractivity (Wildman–Crippen MR) is 118 cm³/mol. The van der Waals surface area contributed by atoms with E-state index in [1.165, 1.54) is 18.7 Å². The van der Waals surface area contributed by atoms with Crippen molar-refractivity contribution in [3.05, 3.63) is 34.9 Å². The second-order valence-corrected chi connectivity index (χ2v) is 6.51. The highest BCUT2D eigenvalue weighted by Crippen LogP contribution is 2.09.